The number of ether oxygens (including phenoxy) is 2. The first-order valence-electron chi connectivity index (χ1n) is 5.23. The van der Waals surface area contributed by atoms with Crippen LogP contribution in [0, 0.1) is 10.1 Å². The minimum atomic E-state index is -0.450. The Kier molecular flexibility index (Phi) is 4.57. The Hall–Kier alpha value is -1.78. The van der Waals surface area contributed by atoms with Crippen molar-refractivity contribution in [3.05, 3.63) is 28.3 Å². The Labute approximate surface area is 94.1 Å². The predicted octanol–water partition coefficient (Wildman–Crippen LogP) is 2.78. The van der Waals surface area contributed by atoms with Crippen LogP contribution in [0.25, 0.3) is 0 Å². The van der Waals surface area contributed by atoms with E-state index in [4.69, 9.17) is 9.47 Å². The lowest BCUT2D eigenvalue weighted by Crippen LogP contribution is -2.00. The van der Waals surface area contributed by atoms with E-state index in [-0.39, 0.29) is 5.69 Å². The van der Waals surface area contributed by atoms with E-state index in [1.165, 1.54) is 12.1 Å². The van der Waals surface area contributed by atoms with Gasteiger partial charge in [0.2, 0.25) is 0 Å². The zero-order valence-corrected chi connectivity index (χ0v) is 9.43. The lowest BCUT2D eigenvalue weighted by atomic mass is 10.3. The molecule has 0 aliphatic heterocycles. The van der Waals surface area contributed by atoms with Gasteiger partial charge in [0.05, 0.1) is 24.2 Å². The fraction of sp³-hybridized carbons (Fsp3) is 0.455. The van der Waals surface area contributed by atoms with Gasteiger partial charge in [-0.2, -0.15) is 0 Å². The quantitative estimate of drug-likeness (QED) is 0.551. The van der Waals surface area contributed by atoms with Crippen molar-refractivity contribution in [1.82, 2.24) is 0 Å². The SMILES string of the molecule is CCCOc1cc([N+](=O)[O-])ccc1OCC. The number of nitro benzene ring substituents is 1. The summed E-state index contributed by atoms with van der Waals surface area (Å²) in [5.41, 5.74) is 0.00885. The Morgan fingerprint density at radius 2 is 2.00 bits per heavy atom. The van der Waals surface area contributed by atoms with Gasteiger partial charge in [-0.1, -0.05) is 6.92 Å². The van der Waals surface area contributed by atoms with E-state index in [1.807, 2.05) is 13.8 Å². The molecule has 1 aromatic carbocycles. The molecular formula is C11H15NO4. The summed E-state index contributed by atoms with van der Waals surface area (Å²) in [7, 11) is 0. The van der Waals surface area contributed by atoms with E-state index in [0.717, 1.165) is 6.42 Å². The van der Waals surface area contributed by atoms with Gasteiger partial charge in [0.15, 0.2) is 11.5 Å². The Morgan fingerprint density at radius 1 is 1.25 bits per heavy atom. The van der Waals surface area contributed by atoms with Gasteiger partial charge >= 0.3 is 0 Å². The molecule has 88 valence electrons. The second-order valence-corrected chi connectivity index (χ2v) is 3.17. The zero-order valence-electron chi connectivity index (χ0n) is 9.43. The van der Waals surface area contributed by atoms with Crippen molar-refractivity contribution in [3.63, 3.8) is 0 Å². The summed E-state index contributed by atoms with van der Waals surface area (Å²) in [6.07, 6.45) is 0.842. The number of benzene rings is 1. The van der Waals surface area contributed by atoms with Crippen LogP contribution in [-0.4, -0.2) is 18.1 Å². The fourth-order valence-corrected chi connectivity index (χ4v) is 1.21. The lowest BCUT2D eigenvalue weighted by Gasteiger charge is -2.10. The number of nitrogens with zero attached hydrogens (tertiary/aromatic N) is 1. The smallest absolute Gasteiger partial charge is 0.273 e. The minimum Gasteiger partial charge on any atom is -0.490 e. The fourth-order valence-electron chi connectivity index (χ4n) is 1.21. The topological polar surface area (TPSA) is 61.6 Å². The van der Waals surface area contributed by atoms with Crippen molar-refractivity contribution in [2.45, 2.75) is 20.3 Å². The van der Waals surface area contributed by atoms with Crippen LogP contribution in [0.15, 0.2) is 18.2 Å². The molecule has 5 heteroatoms. The van der Waals surface area contributed by atoms with E-state index in [2.05, 4.69) is 0 Å². The highest BCUT2D eigenvalue weighted by molar-refractivity contribution is 5.48. The van der Waals surface area contributed by atoms with Crippen LogP contribution in [-0.2, 0) is 0 Å². The van der Waals surface area contributed by atoms with E-state index < -0.39 is 4.92 Å². The first kappa shape index (κ1) is 12.3. The molecule has 1 aromatic rings. The Bertz CT molecular complexity index is 365. The first-order chi connectivity index (χ1) is 7.69. The van der Waals surface area contributed by atoms with Crippen molar-refractivity contribution in [2.75, 3.05) is 13.2 Å². The van der Waals surface area contributed by atoms with Gasteiger partial charge in [-0.25, -0.2) is 0 Å². The molecule has 0 radical (unpaired) electrons. The molecular weight excluding hydrogens is 210 g/mol. The maximum absolute atomic E-state index is 10.6. The highest BCUT2D eigenvalue weighted by atomic mass is 16.6. The largest absolute Gasteiger partial charge is 0.490 e. The third kappa shape index (κ3) is 3.12. The second kappa shape index (κ2) is 5.95. The molecule has 0 aromatic heterocycles. The van der Waals surface area contributed by atoms with E-state index in [9.17, 15) is 10.1 Å². The molecule has 16 heavy (non-hydrogen) atoms. The molecule has 0 aliphatic rings. The van der Waals surface area contributed by atoms with Crippen molar-refractivity contribution in [1.29, 1.82) is 0 Å². The molecule has 5 nitrogen and oxygen atoms in total. The van der Waals surface area contributed by atoms with Crippen LogP contribution < -0.4 is 9.47 Å². The average Bonchev–Trinajstić information content (AvgIpc) is 2.27. The summed E-state index contributed by atoms with van der Waals surface area (Å²) in [5, 5.41) is 10.6. The minimum absolute atomic E-state index is 0.00885. The van der Waals surface area contributed by atoms with Gasteiger partial charge in [-0.15, -0.1) is 0 Å². The Morgan fingerprint density at radius 3 is 2.56 bits per heavy atom. The summed E-state index contributed by atoms with van der Waals surface area (Å²) < 4.78 is 10.7. The molecule has 0 saturated heterocycles. The van der Waals surface area contributed by atoms with Gasteiger partial charge in [0.25, 0.3) is 5.69 Å². The summed E-state index contributed by atoms with van der Waals surface area (Å²) >= 11 is 0. The van der Waals surface area contributed by atoms with Crippen molar-refractivity contribution in [2.24, 2.45) is 0 Å². The molecule has 0 atom stereocenters. The maximum atomic E-state index is 10.6. The first-order valence-corrected chi connectivity index (χ1v) is 5.23. The highest BCUT2D eigenvalue weighted by Gasteiger charge is 2.12. The molecule has 1 rings (SSSR count). The van der Waals surface area contributed by atoms with Crippen LogP contribution in [0.3, 0.4) is 0 Å². The summed E-state index contributed by atoms with van der Waals surface area (Å²) in [6, 6.07) is 4.36. The van der Waals surface area contributed by atoms with Crippen LogP contribution in [0.5, 0.6) is 11.5 Å². The number of hydrogen-bond acceptors (Lipinski definition) is 4. The van der Waals surface area contributed by atoms with Crippen LogP contribution >= 0.6 is 0 Å². The van der Waals surface area contributed by atoms with E-state index in [1.54, 1.807) is 6.07 Å². The summed E-state index contributed by atoms with van der Waals surface area (Å²) in [5.74, 6) is 0.972. The molecule has 0 N–H and O–H groups in total. The van der Waals surface area contributed by atoms with Gasteiger partial charge in [0.1, 0.15) is 0 Å². The van der Waals surface area contributed by atoms with Gasteiger partial charge < -0.3 is 9.47 Å². The predicted molar refractivity (Wildman–Crippen MR) is 60.1 cm³/mol. The average molecular weight is 225 g/mol. The van der Waals surface area contributed by atoms with Crippen molar-refractivity contribution in [3.8, 4) is 11.5 Å². The molecule has 0 saturated carbocycles. The molecule has 0 spiro atoms. The Balaban J connectivity index is 2.95. The standard InChI is InChI=1S/C11H15NO4/c1-3-7-16-11-8-9(12(13)14)5-6-10(11)15-4-2/h5-6,8H,3-4,7H2,1-2H3. The van der Waals surface area contributed by atoms with Crippen LogP contribution in [0.2, 0.25) is 0 Å². The lowest BCUT2D eigenvalue weighted by molar-refractivity contribution is -0.385. The molecule has 0 bridgehead atoms. The molecule has 0 unspecified atom stereocenters. The van der Waals surface area contributed by atoms with E-state index in [0.29, 0.717) is 24.7 Å². The molecule has 0 aliphatic carbocycles. The van der Waals surface area contributed by atoms with Gasteiger partial charge in [-0.3, -0.25) is 10.1 Å². The zero-order chi connectivity index (χ0) is 12.0. The highest BCUT2D eigenvalue weighted by Crippen LogP contribution is 2.31. The monoisotopic (exact) mass is 225 g/mol. The summed E-state index contributed by atoms with van der Waals surface area (Å²) in [4.78, 5) is 10.2. The molecule has 0 fully saturated rings. The number of rotatable bonds is 6. The van der Waals surface area contributed by atoms with Crippen LogP contribution in [0.1, 0.15) is 20.3 Å². The summed E-state index contributed by atoms with van der Waals surface area (Å²) in [6.45, 7) is 4.84. The number of non-ortho nitro benzene ring substituents is 1. The second-order valence-electron chi connectivity index (χ2n) is 3.17. The van der Waals surface area contributed by atoms with Crippen molar-refractivity contribution < 1.29 is 14.4 Å². The third-order valence-corrected chi connectivity index (χ3v) is 1.90. The van der Waals surface area contributed by atoms with E-state index >= 15 is 0 Å². The van der Waals surface area contributed by atoms with Crippen LogP contribution in [0.4, 0.5) is 5.69 Å². The van der Waals surface area contributed by atoms with Gasteiger partial charge in [0, 0.05) is 6.07 Å². The number of nitro groups is 1. The van der Waals surface area contributed by atoms with Gasteiger partial charge in [-0.05, 0) is 19.4 Å². The third-order valence-electron chi connectivity index (χ3n) is 1.90. The molecule has 0 amide bonds. The number of hydrogen-bond donors (Lipinski definition) is 0. The molecule has 0 heterocycles. The maximum Gasteiger partial charge on any atom is 0.273 e. The van der Waals surface area contributed by atoms with Crippen molar-refractivity contribution >= 4 is 5.69 Å². The normalized spacial score (nSPS) is 9.88.